The van der Waals surface area contributed by atoms with E-state index in [9.17, 15) is 8.42 Å². The molecule has 0 aliphatic heterocycles. The molecule has 0 spiro atoms. The lowest BCUT2D eigenvalue weighted by atomic mass is 10.3. The molecule has 1 aromatic heterocycles. The smallest absolute Gasteiger partial charge is 0.263 e. The Hall–Kier alpha value is -0.560. The van der Waals surface area contributed by atoms with E-state index in [1.807, 2.05) is 0 Å². The molecule has 0 fully saturated rings. The Morgan fingerprint density at radius 3 is 2.39 bits per heavy atom. The molecule has 2 aromatic rings. The first kappa shape index (κ1) is 13.9. The standard InChI is InChI=1S/C11H9BrClNO2S2/c1-7-10(6-11(12)17-7)18(15,16)14-9-4-2-8(13)3-5-9/h2-6,14H,1H3. The van der Waals surface area contributed by atoms with Gasteiger partial charge in [0.2, 0.25) is 0 Å². The molecule has 0 unspecified atom stereocenters. The Kier molecular flexibility index (Phi) is 4.01. The molecule has 1 heterocycles. The van der Waals surface area contributed by atoms with Crippen LogP contribution in [-0.2, 0) is 10.0 Å². The van der Waals surface area contributed by atoms with Gasteiger partial charge >= 0.3 is 0 Å². The molecular formula is C11H9BrClNO2S2. The van der Waals surface area contributed by atoms with Crippen molar-refractivity contribution in [1.82, 2.24) is 0 Å². The van der Waals surface area contributed by atoms with Gasteiger partial charge in [-0.2, -0.15) is 0 Å². The molecule has 0 aliphatic carbocycles. The van der Waals surface area contributed by atoms with Crippen molar-refractivity contribution in [3.05, 3.63) is 44.0 Å². The molecule has 1 aromatic carbocycles. The minimum Gasteiger partial charge on any atom is -0.280 e. The minimum atomic E-state index is -3.55. The average Bonchev–Trinajstić information content (AvgIpc) is 2.62. The third-order valence-corrected chi connectivity index (χ3v) is 5.67. The molecule has 0 aliphatic rings. The summed E-state index contributed by atoms with van der Waals surface area (Å²) in [7, 11) is -3.55. The van der Waals surface area contributed by atoms with Crippen molar-refractivity contribution in [2.24, 2.45) is 0 Å². The molecule has 3 nitrogen and oxygen atoms in total. The van der Waals surface area contributed by atoms with Crippen LogP contribution in [0.15, 0.2) is 39.0 Å². The van der Waals surface area contributed by atoms with Gasteiger partial charge in [-0.1, -0.05) is 11.6 Å². The maximum absolute atomic E-state index is 12.2. The highest BCUT2D eigenvalue weighted by molar-refractivity contribution is 9.11. The van der Waals surface area contributed by atoms with E-state index >= 15 is 0 Å². The van der Waals surface area contributed by atoms with Crippen molar-refractivity contribution in [3.8, 4) is 0 Å². The fraction of sp³-hybridized carbons (Fsp3) is 0.0909. The molecule has 96 valence electrons. The van der Waals surface area contributed by atoms with E-state index in [1.165, 1.54) is 11.3 Å². The van der Waals surface area contributed by atoms with Gasteiger partial charge in [0.1, 0.15) is 4.90 Å². The summed E-state index contributed by atoms with van der Waals surface area (Å²) >= 11 is 10.4. The summed E-state index contributed by atoms with van der Waals surface area (Å²) in [5, 5.41) is 0.562. The van der Waals surface area contributed by atoms with Gasteiger partial charge < -0.3 is 0 Å². The summed E-state index contributed by atoms with van der Waals surface area (Å²) in [5.41, 5.74) is 0.487. The first-order chi connectivity index (χ1) is 8.38. The van der Waals surface area contributed by atoms with Crippen LogP contribution in [0.1, 0.15) is 4.88 Å². The van der Waals surface area contributed by atoms with E-state index in [0.29, 0.717) is 10.7 Å². The highest BCUT2D eigenvalue weighted by Gasteiger charge is 2.19. The van der Waals surface area contributed by atoms with E-state index in [1.54, 1.807) is 37.3 Å². The minimum absolute atomic E-state index is 0.286. The number of thiophene rings is 1. The number of hydrogen-bond donors (Lipinski definition) is 1. The molecule has 0 saturated heterocycles. The molecule has 0 bridgehead atoms. The maximum atomic E-state index is 12.2. The van der Waals surface area contributed by atoms with Gasteiger partial charge in [-0.25, -0.2) is 8.42 Å². The van der Waals surface area contributed by atoms with E-state index in [-0.39, 0.29) is 4.90 Å². The zero-order chi connectivity index (χ0) is 13.3. The zero-order valence-electron chi connectivity index (χ0n) is 9.28. The summed E-state index contributed by atoms with van der Waals surface area (Å²) in [4.78, 5) is 1.03. The number of sulfonamides is 1. The predicted octanol–water partition coefficient (Wildman–Crippen LogP) is 4.27. The zero-order valence-corrected chi connectivity index (χ0v) is 13.3. The predicted molar refractivity (Wildman–Crippen MR) is 79.0 cm³/mol. The van der Waals surface area contributed by atoms with Crippen LogP contribution in [-0.4, -0.2) is 8.42 Å². The third kappa shape index (κ3) is 3.06. The van der Waals surface area contributed by atoms with Crippen LogP contribution in [0.4, 0.5) is 5.69 Å². The summed E-state index contributed by atoms with van der Waals surface area (Å²) in [6.45, 7) is 1.77. The van der Waals surface area contributed by atoms with Crippen LogP contribution in [0, 0.1) is 6.92 Å². The van der Waals surface area contributed by atoms with Gasteiger partial charge in [-0.05, 0) is 53.2 Å². The summed E-state index contributed by atoms with van der Waals surface area (Å²) in [5.74, 6) is 0. The number of anilines is 1. The summed E-state index contributed by atoms with van der Waals surface area (Å²) < 4.78 is 27.6. The van der Waals surface area contributed by atoms with Crippen LogP contribution in [0.3, 0.4) is 0 Å². The van der Waals surface area contributed by atoms with Crippen LogP contribution >= 0.6 is 38.9 Å². The van der Waals surface area contributed by atoms with E-state index in [2.05, 4.69) is 20.7 Å². The van der Waals surface area contributed by atoms with E-state index in [0.717, 1.165) is 8.66 Å². The van der Waals surface area contributed by atoms with Gasteiger partial charge in [-0.3, -0.25) is 4.72 Å². The van der Waals surface area contributed by atoms with Crippen molar-refractivity contribution in [1.29, 1.82) is 0 Å². The molecule has 0 atom stereocenters. The Bertz CT molecular complexity index is 665. The first-order valence-electron chi connectivity index (χ1n) is 4.93. The molecule has 2 rings (SSSR count). The van der Waals surface area contributed by atoms with Gasteiger partial charge in [0.25, 0.3) is 10.0 Å². The molecular weight excluding hydrogens is 358 g/mol. The van der Waals surface area contributed by atoms with Gasteiger partial charge in [0.05, 0.1) is 3.79 Å². The Morgan fingerprint density at radius 1 is 1.28 bits per heavy atom. The van der Waals surface area contributed by atoms with Crippen molar-refractivity contribution in [2.45, 2.75) is 11.8 Å². The molecule has 0 radical (unpaired) electrons. The third-order valence-electron chi connectivity index (χ3n) is 2.23. The molecule has 1 N–H and O–H groups in total. The number of hydrogen-bond acceptors (Lipinski definition) is 3. The van der Waals surface area contributed by atoms with Crippen LogP contribution in [0.2, 0.25) is 5.02 Å². The number of aryl methyl sites for hydroxylation is 1. The number of rotatable bonds is 3. The fourth-order valence-electron chi connectivity index (χ4n) is 1.43. The average molecular weight is 367 g/mol. The highest BCUT2D eigenvalue weighted by atomic mass is 79.9. The second-order valence-electron chi connectivity index (χ2n) is 3.58. The van der Waals surface area contributed by atoms with Crippen LogP contribution in [0.25, 0.3) is 0 Å². The Labute approximate surface area is 123 Å². The number of nitrogens with one attached hydrogen (secondary N) is 1. The number of benzene rings is 1. The molecule has 7 heteroatoms. The Balaban J connectivity index is 2.33. The van der Waals surface area contributed by atoms with Crippen LogP contribution < -0.4 is 4.72 Å². The SMILES string of the molecule is Cc1sc(Br)cc1S(=O)(=O)Nc1ccc(Cl)cc1. The van der Waals surface area contributed by atoms with Crippen LogP contribution in [0.5, 0.6) is 0 Å². The quantitative estimate of drug-likeness (QED) is 0.881. The highest BCUT2D eigenvalue weighted by Crippen LogP contribution is 2.30. The fourth-order valence-corrected chi connectivity index (χ4v) is 5.03. The second kappa shape index (κ2) is 5.21. The first-order valence-corrected chi connectivity index (χ1v) is 8.40. The Morgan fingerprint density at radius 2 is 1.89 bits per heavy atom. The number of halogens is 2. The van der Waals surface area contributed by atoms with Crippen molar-refractivity contribution < 1.29 is 8.42 Å². The second-order valence-corrected chi connectivity index (χ2v) is 8.31. The van der Waals surface area contributed by atoms with E-state index in [4.69, 9.17) is 11.6 Å². The molecule has 0 saturated carbocycles. The van der Waals surface area contributed by atoms with Gasteiger partial charge in [0, 0.05) is 15.6 Å². The summed E-state index contributed by atoms with van der Waals surface area (Å²) in [6.07, 6.45) is 0. The lowest BCUT2D eigenvalue weighted by molar-refractivity contribution is 0.601. The van der Waals surface area contributed by atoms with Crippen molar-refractivity contribution in [2.75, 3.05) is 4.72 Å². The van der Waals surface area contributed by atoms with Gasteiger partial charge in [0.15, 0.2) is 0 Å². The monoisotopic (exact) mass is 365 g/mol. The van der Waals surface area contributed by atoms with Crippen molar-refractivity contribution in [3.63, 3.8) is 0 Å². The van der Waals surface area contributed by atoms with E-state index < -0.39 is 10.0 Å². The molecule has 18 heavy (non-hydrogen) atoms. The molecule has 0 amide bonds. The van der Waals surface area contributed by atoms with Gasteiger partial charge in [-0.15, -0.1) is 11.3 Å². The van der Waals surface area contributed by atoms with Crippen molar-refractivity contribution >= 4 is 54.6 Å². The maximum Gasteiger partial charge on any atom is 0.263 e. The lowest BCUT2D eigenvalue weighted by Gasteiger charge is -2.07. The largest absolute Gasteiger partial charge is 0.280 e. The summed E-state index contributed by atoms with van der Waals surface area (Å²) in [6, 6.07) is 8.11. The topological polar surface area (TPSA) is 46.2 Å². The normalized spacial score (nSPS) is 11.5. The lowest BCUT2D eigenvalue weighted by Crippen LogP contribution is -2.12.